The Labute approximate surface area is 142 Å². The van der Waals surface area contributed by atoms with Crippen molar-refractivity contribution in [2.45, 2.75) is 24.9 Å². The van der Waals surface area contributed by atoms with E-state index in [1.807, 2.05) is 42.7 Å². The lowest BCUT2D eigenvalue weighted by atomic mass is 10.2. The Bertz CT molecular complexity index is 470. The number of benzene rings is 1. The van der Waals surface area contributed by atoms with Crippen LogP contribution in [0.4, 0.5) is 0 Å². The van der Waals surface area contributed by atoms with Gasteiger partial charge in [-0.1, -0.05) is 26.0 Å². The summed E-state index contributed by atoms with van der Waals surface area (Å²) in [7, 11) is 1.83. The number of ether oxygens (including phenoxy) is 1. The van der Waals surface area contributed by atoms with E-state index in [9.17, 15) is 4.79 Å². The molecule has 22 heavy (non-hydrogen) atoms. The standard InChI is InChI=1S/C17H25NO2S2/c1-13(2)11-18(3)16(19)12-20-15-7-5-14(6-8-15)17-21-9-4-10-22-17/h5-8,13,17H,4,9-12H2,1-3H3. The van der Waals surface area contributed by atoms with Gasteiger partial charge in [-0.05, 0) is 41.5 Å². The predicted molar refractivity (Wildman–Crippen MR) is 96.7 cm³/mol. The largest absolute Gasteiger partial charge is 0.484 e. The molecule has 0 spiro atoms. The van der Waals surface area contributed by atoms with E-state index in [0.29, 0.717) is 10.5 Å². The third kappa shape index (κ3) is 5.43. The smallest absolute Gasteiger partial charge is 0.260 e. The summed E-state index contributed by atoms with van der Waals surface area (Å²) in [5.74, 6) is 3.75. The Morgan fingerprint density at radius 2 is 1.91 bits per heavy atom. The Morgan fingerprint density at radius 3 is 2.50 bits per heavy atom. The minimum absolute atomic E-state index is 0.0242. The number of hydrogen-bond acceptors (Lipinski definition) is 4. The van der Waals surface area contributed by atoms with Crippen LogP contribution < -0.4 is 4.74 Å². The van der Waals surface area contributed by atoms with Crippen LogP contribution in [0, 0.1) is 5.92 Å². The molecule has 122 valence electrons. The first-order chi connectivity index (χ1) is 10.6. The fraction of sp³-hybridized carbons (Fsp3) is 0.588. The quantitative estimate of drug-likeness (QED) is 0.782. The summed E-state index contributed by atoms with van der Waals surface area (Å²) in [5.41, 5.74) is 1.34. The molecule has 0 N–H and O–H groups in total. The van der Waals surface area contributed by atoms with E-state index in [1.165, 1.54) is 23.5 Å². The first-order valence-corrected chi connectivity index (χ1v) is 9.86. The Balaban J connectivity index is 1.82. The molecule has 1 fully saturated rings. The van der Waals surface area contributed by atoms with Crippen LogP contribution in [0.5, 0.6) is 5.75 Å². The summed E-state index contributed by atoms with van der Waals surface area (Å²) < 4.78 is 6.15. The van der Waals surface area contributed by atoms with Crippen LogP contribution in [-0.4, -0.2) is 42.5 Å². The van der Waals surface area contributed by atoms with Crippen molar-refractivity contribution in [2.75, 3.05) is 31.7 Å². The maximum Gasteiger partial charge on any atom is 0.260 e. The molecular formula is C17H25NO2S2. The maximum atomic E-state index is 12.0. The Morgan fingerprint density at radius 1 is 1.27 bits per heavy atom. The highest BCUT2D eigenvalue weighted by Gasteiger charge is 2.16. The van der Waals surface area contributed by atoms with Gasteiger partial charge in [0.1, 0.15) is 5.75 Å². The van der Waals surface area contributed by atoms with E-state index in [0.717, 1.165) is 12.3 Å². The van der Waals surface area contributed by atoms with E-state index < -0.39 is 0 Å². The van der Waals surface area contributed by atoms with Crippen molar-refractivity contribution in [2.24, 2.45) is 5.92 Å². The number of carbonyl (C=O) groups is 1. The van der Waals surface area contributed by atoms with Crippen LogP contribution in [0.1, 0.15) is 30.4 Å². The molecule has 1 aromatic rings. The molecular weight excluding hydrogens is 314 g/mol. The normalized spacial score (nSPS) is 15.8. The van der Waals surface area contributed by atoms with E-state index >= 15 is 0 Å². The molecule has 1 aromatic carbocycles. The van der Waals surface area contributed by atoms with Crippen LogP contribution >= 0.6 is 23.5 Å². The van der Waals surface area contributed by atoms with Gasteiger partial charge in [0.25, 0.3) is 5.91 Å². The van der Waals surface area contributed by atoms with Crippen molar-refractivity contribution in [1.29, 1.82) is 0 Å². The second-order valence-corrected chi connectivity index (χ2v) is 8.68. The number of amides is 1. The summed E-state index contributed by atoms with van der Waals surface area (Å²) in [4.78, 5) is 13.7. The van der Waals surface area contributed by atoms with Crippen molar-refractivity contribution in [3.05, 3.63) is 29.8 Å². The van der Waals surface area contributed by atoms with Gasteiger partial charge in [0, 0.05) is 13.6 Å². The van der Waals surface area contributed by atoms with Crippen LogP contribution in [-0.2, 0) is 4.79 Å². The Hall–Kier alpha value is -0.810. The van der Waals surface area contributed by atoms with Crippen molar-refractivity contribution < 1.29 is 9.53 Å². The fourth-order valence-electron chi connectivity index (χ4n) is 2.31. The van der Waals surface area contributed by atoms with Crippen LogP contribution in [0.25, 0.3) is 0 Å². The number of hydrogen-bond donors (Lipinski definition) is 0. The van der Waals surface area contributed by atoms with E-state index in [1.54, 1.807) is 4.90 Å². The van der Waals surface area contributed by atoms with E-state index in [2.05, 4.69) is 26.0 Å². The van der Waals surface area contributed by atoms with Crippen molar-refractivity contribution in [3.8, 4) is 5.75 Å². The molecule has 2 rings (SSSR count). The lowest BCUT2D eigenvalue weighted by Gasteiger charge is -2.21. The van der Waals surface area contributed by atoms with E-state index in [-0.39, 0.29) is 12.5 Å². The van der Waals surface area contributed by atoms with Gasteiger partial charge in [0.2, 0.25) is 0 Å². The number of nitrogens with zero attached hydrogens (tertiary/aromatic N) is 1. The van der Waals surface area contributed by atoms with Gasteiger partial charge in [0.05, 0.1) is 4.58 Å². The summed E-state index contributed by atoms with van der Waals surface area (Å²) >= 11 is 4.02. The molecule has 0 unspecified atom stereocenters. The first-order valence-electron chi connectivity index (χ1n) is 7.76. The Kier molecular flexibility index (Phi) is 6.96. The molecule has 0 atom stereocenters. The highest BCUT2D eigenvalue weighted by atomic mass is 32.2. The van der Waals surface area contributed by atoms with Gasteiger partial charge >= 0.3 is 0 Å². The van der Waals surface area contributed by atoms with Gasteiger partial charge in [-0.2, -0.15) is 0 Å². The number of thioether (sulfide) groups is 2. The molecule has 1 aliphatic heterocycles. The molecule has 5 heteroatoms. The SMILES string of the molecule is CC(C)CN(C)C(=O)COc1ccc(C2SCCCS2)cc1. The topological polar surface area (TPSA) is 29.5 Å². The first kappa shape index (κ1) is 17.5. The van der Waals surface area contributed by atoms with Gasteiger partial charge in [0.15, 0.2) is 6.61 Å². The zero-order valence-electron chi connectivity index (χ0n) is 13.6. The molecule has 0 saturated carbocycles. The lowest BCUT2D eigenvalue weighted by molar-refractivity contribution is -0.132. The average molecular weight is 340 g/mol. The van der Waals surface area contributed by atoms with Crippen LogP contribution in [0.3, 0.4) is 0 Å². The van der Waals surface area contributed by atoms with Gasteiger partial charge in [-0.25, -0.2) is 0 Å². The molecule has 0 aliphatic carbocycles. The summed E-state index contributed by atoms with van der Waals surface area (Å²) in [5, 5.41) is 0. The molecule has 0 aromatic heterocycles. The van der Waals surface area contributed by atoms with Crippen molar-refractivity contribution in [3.63, 3.8) is 0 Å². The van der Waals surface area contributed by atoms with Crippen molar-refractivity contribution in [1.82, 2.24) is 4.90 Å². The molecule has 1 aliphatic rings. The third-order valence-electron chi connectivity index (χ3n) is 3.41. The van der Waals surface area contributed by atoms with E-state index in [4.69, 9.17) is 4.74 Å². The number of likely N-dealkylation sites (N-methyl/N-ethyl adjacent to an activating group) is 1. The van der Waals surface area contributed by atoms with Crippen molar-refractivity contribution >= 4 is 29.4 Å². The molecule has 0 radical (unpaired) electrons. The zero-order valence-corrected chi connectivity index (χ0v) is 15.2. The maximum absolute atomic E-state index is 12.0. The fourth-order valence-corrected chi connectivity index (χ4v) is 5.20. The summed E-state index contributed by atoms with van der Waals surface area (Å²) in [6.07, 6.45) is 1.30. The predicted octanol–water partition coefficient (Wildman–Crippen LogP) is 4.05. The zero-order chi connectivity index (χ0) is 15.9. The highest BCUT2D eigenvalue weighted by Crippen LogP contribution is 2.43. The van der Waals surface area contributed by atoms with Gasteiger partial charge in [-0.15, -0.1) is 23.5 Å². The minimum Gasteiger partial charge on any atom is -0.484 e. The van der Waals surface area contributed by atoms with Crippen LogP contribution in [0.2, 0.25) is 0 Å². The lowest BCUT2D eigenvalue weighted by Crippen LogP contribution is -2.34. The van der Waals surface area contributed by atoms with Gasteiger partial charge < -0.3 is 9.64 Å². The molecule has 1 saturated heterocycles. The number of carbonyl (C=O) groups excluding carboxylic acids is 1. The number of rotatable bonds is 6. The molecule has 0 bridgehead atoms. The third-order valence-corrected chi connectivity index (χ3v) is 6.42. The highest BCUT2D eigenvalue weighted by molar-refractivity contribution is 8.16. The second-order valence-electron chi connectivity index (χ2n) is 5.95. The average Bonchev–Trinajstić information content (AvgIpc) is 2.53. The molecule has 1 heterocycles. The minimum atomic E-state index is 0.0242. The molecule has 3 nitrogen and oxygen atoms in total. The molecule has 1 amide bonds. The summed E-state index contributed by atoms with van der Waals surface area (Å²) in [6, 6.07) is 8.18. The van der Waals surface area contributed by atoms with Crippen LogP contribution in [0.15, 0.2) is 24.3 Å². The van der Waals surface area contributed by atoms with Gasteiger partial charge in [-0.3, -0.25) is 4.79 Å². The summed E-state index contributed by atoms with van der Waals surface area (Å²) in [6.45, 7) is 5.07. The monoisotopic (exact) mass is 339 g/mol. The second kappa shape index (κ2) is 8.73.